The number of nitrogen functional groups attached to an aromatic ring is 1. The molecule has 0 amide bonds. The molecule has 2 aromatic carbocycles. The van der Waals surface area contributed by atoms with Crippen LogP contribution in [0.3, 0.4) is 0 Å². The first kappa shape index (κ1) is 15.0. The summed E-state index contributed by atoms with van der Waals surface area (Å²) in [6.07, 6.45) is 3.60. The zero-order valence-corrected chi connectivity index (χ0v) is 13.6. The lowest BCUT2D eigenvalue weighted by atomic mass is 9.99. The largest absolute Gasteiger partial charge is 0.368 e. The van der Waals surface area contributed by atoms with Gasteiger partial charge in [0, 0.05) is 0 Å². The maximum atomic E-state index is 5.80. The van der Waals surface area contributed by atoms with Gasteiger partial charge in [-0.3, -0.25) is 0 Å². The van der Waals surface area contributed by atoms with Crippen LogP contribution in [0.15, 0.2) is 53.8 Å². The number of hydrogen-bond donors (Lipinski definition) is 1. The molecule has 4 heteroatoms. The Morgan fingerprint density at radius 3 is 2.39 bits per heavy atom. The van der Waals surface area contributed by atoms with Crippen molar-refractivity contribution in [2.45, 2.75) is 20.8 Å². The van der Waals surface area contributed by atoms with Crippen LogP contribution in [0.1, 0.15) is 22.4 Å². The Hall–Kier alpha value is -2.88. The van der Waals surface area contributed by atoms with Crippen molar-refractivity contribution >= 4 is 12.2 Å². The normalized spacial score (nSPS) is 11.3. The number of aromatic nitrogens is 2. The summed E-state index contributed by atoms with van der Waals surface area (Å²) in [5, 5.41) is 4.37. The van der Waals surface area contributed by atoms with E-state index in [-0.39, 0.29) is 0 Å². The van der Waals surface area contributed by atoms with Gasteiger partial charge in [0.2, 0.25) is 5.95 Å². The van der Waals surface area contributed by atoms with E-state index in [1.807, 2.05) is 19.1 Å². The predicted octanol–water partition coefficient (Wildman–Crippen LogP) is 3.94. The Morgan fingerprint density at radius 2 is 1.74 bits per heavy atom. The maximum absolute atomic E-state index is 5.80. The summed E-state index contributed by atoms with van der Waals surface area (Å²) in [4.78, 5) is 4.13. The summed E-state index contributed by atoms with van der Waals surface area (Å²) in [7, 11) is 0. The third kappa shape index (κ3) is 3.48. The quantitative estimate of drug-likeness (QED) is 0.745. The number of benzene rings is 2. The maximum Gasteiger partial charge on any atom is 0.221 e. The highest BCUT2D eigenvalue weighted by Gasteiger charge is 2.02. The van der Waals surface area contributed by atoms with Crippen molar-refractivity contribution in [1.29, 1.82) is 0 Å². The summed E-state index contributed by atoms with van der Waals surface area (Å²) in [5.41, 5.74) is 12.6. The fraction of sp³-hybridized carbons (Fsp3) is 0.158. The van der Waals surface area contributed by atoms with Gasteiger partial charge in [-0.05, 0) is 43.5 Å². The van der Waals surface area contributed by atoms with E-state index in [9.17, 15) is 0 Å². The van der Waals surface area contributed by atoms with Crippen LogP contribution in [0.25, 0.3) is 11.1 Å². The van der Waals surface area contributed by atoms with Gasteiger partial charge in [0.1, 0.15) is 0 Å². The van der Waals surface area contributed by atoms with E-state index in [2.05, 4.69) is 54.3 Å². The van der Waals surface area contributed by atoms with Crippen molar-refractivity contribution < 1.29 is 0 Å². The van der Waals surface area contributed by atoms with Crippen molar-refractivity contribution in [2.75, 3.05) is 5.73 Å². The van der Waals surface area contributed by atoms with Crippen molar-refractivity contribution in [3.63, 3.8) is 0 Å². The van der Waals surface area contributed by atoms with E-state index < -0.39 is 0 Å². The van der Waals surface area contributed by atoms with E-state index in [4.69, 9.17) is 5.73 Å². The molecule has 0 fully saturated rings. The molecule has 0 saturated heterocycles. The zero-order chi connectivity index (χ0) is 16.4. The first-order valence-electron chi connectivity index (χ1n) is 7.56. The van der Waals surface area contributed by atoms with Crippen molar-refractivity contribution in [2.24, 2.45) is 5.10 Å². The van der Waals surface area contributed by atoms with E-state index in [0.717, 1.165) is 11.3 Å². The number of imidazole rings is 1. The smallest absolute Gasteiger partial charge is 0.221 e. The molecule has 0 aliphatic heterocycles. The van der Waals surface area contributed by atoms with Crippen LogP contribution in [0.4, 0.5) is 5.95 Å². The second-order valence-corrected chi connectivity index (χ2v) is 5.83. The van der Waals surface area contributed by atoms with Gasteiger partial charge in [-0.15, -0.1) is 0 Å². The first-order chi connectivity index (χ1) is 11.0. The Balaban J connectivity index is 1.92. The highest BCUT2D eigenvalue weighted by molar-refractivity contribution is 5.82. The van der Waals surface area contributed by atoms with Gasteiger partial charge < -0.3 is 5.73 Å². The highest BCUT2D eigenvalue weighted by atomic mass is 15.4. The number of aryl methyl sites for hydroxylation is 3. The molecule has 3 aromatic rings. The lowest BCUT2D eigenvalue weighted by Crippen LogP contribution is -1.97. The number of nitrogens with two attached hydrogens (primary N) is 1. The summed E-state index contributed by atoms with van der Waals surface area (Å²) in [6.45, 7) is 6.13. The summed E-state index contributed by atoms with van der Waals surface area (Å²) < 4.78 is 1.58. The molecule has 0 atom stereocenters. The molecule has 0 bridgehead atoms. The van der Waals surface area contributed by atoms with Gasteiger partial charge in [0.25, 0.3) is 0 Å². The van der Waals surface area contributed by atoms with Crippen LogP contribution in [0.5, 0.6) is 0 Å². The van der Waals surface area contributed by atoms with Gasteiger partial charge in [-0.2, -0.15) is 5.10 Å². The SMILES string of the molecule is Cc1cc(C)cc(-c2cccc(C=Nn3cc(C)nc3N)c2)c1. The minimum atomic E-state index is 0.393. The molecule has 4 nitrogen and oxygen atoms in total. The summed E-state index contributed by atoms with van der Waals surface area (Å²) in [6, 6.07) is 14.9. The summed E-state index contributed by atoms with van der Waals surface area (Å²) >= 11 is 0. The fourth-order valence-electron chi connectivity index (χ4n) is 2.67. The second kappa shape index (κ2) is 6.08. The average molecular weight is 304 g/mol. The Kier molecular flexibility index (Phi) is 3.98. The predicted molar refractivity (Wildman–Crippen MR) is 95.7 cm³/mol. The van der Waals surface area contributed by atoms with E-state index in [0.29, 0.717) is 5.95 Å². The van der Waals surface area contributed by atoms with Crippen LogP contribution >= 0.6 is 0 Å². The van der Waals surface area contributed by atoms with Crippen LogP contribution in [-0.2, 0) is 0 Å². The van der Waals surface area contributed by atoms with Crippen LogP contribution < -0.4 is 5.73 Å². The number of nitrogens with zero attached hydrogens (tertiary/aromatic N) is 3. The molecule has 0 unspecified atom stereocenters. The monoisotopic (exact) mass is 304 g/mol. The molecule has 1 heterocycles. The molecule has 1 aromatic heterocycles. The third-order valence-electron chi connectivity index (χ3n) is 3.61. The van der Waals surface area contributed by atoms with Crippen LogP contribution in [0, 0.1) is 20.8 Å². The van der Waals surface area contributed by atoms with E-state index >= 15 is 0 Å². The molecular formula is C19H20N4. The first-order valence-corrected chi connectivity index (χ1v) is 7.56. The van der Waals surface area contributed by atoms with Crippen LogP contribution in [-0.4, -0.2) is 15.9 Å². The lowest BCUT2D eigenvalue weighted by molar-refractivity contribution is 0.897. The number of hydrogen-bond acceptors (Lipinski definition) is 3. The van der Waals surface area contributed by atoms with E-state index in [1.54, 1.807) is 17.1 Å². The van der Waals surface area contributed by atoms with Gasteiger partial charge in [-0.25, -0.2) is 9.66 Å². The molecule has 0 aliphatic rings. The lowest BCUT2D eigenvalue weighted by Gasteiger charge is -2.06. The Morgan fingerprint density at radius 1 is 1.00 bits per heavy atom. The van der Waals surface area contributed by atoms with Crippen molar-refractivity contribution in [3.8, 4) is 11.1 Å². The molecule has 3 rings (SSSR count). The van der Waals surface area contributed by atoms with Crippen molar-refractivity contribution in [3.05, 3.63) is 71.0 Å². The van der Waals surface area contributed by atoms with E-state index in [1.165, 1.54) is 22.3 Å². The van der Waals surface area contributed by atoms with Crippen LogP contribution in [0.2, 0.25) is 0 Å². The standard InChI is InChI=1S/C19H20N4/c1-13-7-14(2)9-18(8-13)17-6-4-5-16(10-17)11-21-23-12-15(3)22-19(23)20/h4-12H,1-3H3,(H2,20,22). The Labute approximate surface area is 136 Å². The Bertz CT molecular complexity index is 855. The zero-order valence-electron chi connectivity index (χ0n) is 13.6. The second-order valence-electron chi connectivity index (χ2n) is 5.83. The molecule has 0 radical (unpaired) electrons. The molecule has 0 aliphatic carbocycles. The number of anilines is 1. The summed E-state index contributed by atoms with van der Waals surface area (Å²) in [5.74, 6) is 0.393. The minimum Gasteiger partial charge on any atom is -0.368 e. The molecule has 116 valence electrons. The molecule has 2 N–H and O–H groups in total. The van der Waals surface area contributed by atoms with Gasteiger partial charge in [0.05, 0.1) is 18.1 Å². The minimum absolute atomic E-state index is 0.393. The van der Waals surface area contributed by atoms with Gasteiger partial charge in [-0.1, -0.05) is 47.5 Å². The van der Waals surface area contributed by atoms with Gasteiger partial charge >= 0.3 is 0 Å². The fourth-order valence-corrected chi connectivity index (χ4v) is 2.67. The van der Waals surface area contributed by atoms with Gasteiger partial charge in [0.15, 0.2) is 0 Å². The van der Waals surface area contributed by atoms with Crippen molar-refractivity contribution in [1.82, 2.24) is 9.66 Å². The topological polar surface area (TPSA) is 56.2 Å². The highest BCUT2D eigenvalue weighted by Crippen LogP contribution is 2.22. The molecular weight excluding hydrogens is 284 g/mol. The average Bonchev–Trinajstić information content (AvgIpc) is 2.82. The molecule has 0 spiro atoms. The molecule has 23 heavy (non-hydrogen) atoms. The molecule has 0 saturated carbocycles. The third-order valence-corrected chi connectivity index (χ3v) is 3.61. The number of rotatable bonds is 3.